The number of anilines is 1. The van der Waals surface area contributed by atoms with E-state index in [9.17, 15) is 9.18 Å². The van der Waals surface area contributed by atoms with Gasteiger partial charge in [-0.2, -0.15) is 9.61 Å². The van der Waals surface area contributed by atoms with Crippen molar-refractivity contribution < 1.29 is 18.7 Å². The SMILES string of the molecule is CNc1cc(-c2cn([C@@H]3CCOC[C@H]3OC)c3ncccc23)nc2c(C(=O)NC3CCC3F)cnn12. The van der Waals surface area contributed by atoms with E-state index in [2.05, 4.69) is 31.5 Å². The molecule has 0 bridgehead atoms. The number of hydrogen-bond acceptors (Lipinski definition) is 7. The molecular weight excluding hydrogens is 465 g/mol. The summed E-state index contributed by atoms with van der Waals surface area (Å²) in [5, 5.41) is 11.2. The van der Waals surface area contributed by atoms with Crippen molar-refractivity contribution >= 4 is 28.4 Å². The molecule has 10 nitrogen and oxygen atoms in total. The van der Waals surface area contributed by atoms with Crippen LogP contribution in [0.1, 0.15) is 35.7 Å². The average molecular weight is 494 g/mol. The van der Waals surface area contributed by atoms with Gasteiger partial charge in [0.15, 0.2) is 5.65 Å². The Morgan fingerprint density at radius 1 is 1.28 bits per heavy atom. The normalized spacial score (nSPS) is 24.1. The zero-order valence-corrected chi connectivity index (χ0v) is 20.1. The molecule has 188 valence electrons. The number of halogens is 1. The molecule has 4 aromatic rings. The van der Waals surface area contributed by atoms with Gasteiger partial charge in [0.05, 0.1) is 30.6 Å². The molecule has 1 saturated carbocycles. The topological polar surface area (TPSA) is 108 Å². The van der Waals surface area contributed by atoms with Gasteiger partial charge in [-0.15, -0.1) is 0 Å². The van der Waals surface area contributed by atoms with E-state index in [0.717, 1.165) is 23.0 Å². The van der Waals surface area contributed by atoms with Crippen LogP contribution in [0.3, 0.4) is 0 Å². The Kier molecular flexibility index (Phi) is 5.81. The molecule has 11 heteroatoms. The second kappa shape index (κ2) is 9.14. The molecular formula is C25H28FN7O3. The highest BCUT2D eigenvalue weighted by atomic mass is 19.1. The molecule has 4 atom stereocenters. The van der Waals surface area contributed by atoms with Crippen LogP contribution in [-0.4, -0.2) is 75.7 Å². The van der Waals surface area contributed by atoms with E-state index in [1.54, 1.807) is 24.9 Å². The zero-order chi connectivity index (χ0) is 24.8. The molecule has 36 heavy (non-hydrogen) atoms. The number of hydrogen-bond donors (Lipinski definition) is 2. The van der Waals surface area contributed by atoms with Gasteiger partial charge >= 0.3 is 0 Å². The van der Waals surface area contributed by atoms with Gasteiger partial charge in [0.25, 0.3) is 5.91 Å². The first-order chi connectivity index (χ1) is 17.6. The van der Waals surface area contributed by atoms with Crippen LogP contribution < -0.4 is 10.6 Å². The number of nitrogens with one attached hydrogen (secondary N) is 2. The summed E-state index contributed by atoms with van der Waals surface area (Å²) in [4.78, 5) is 22.5. The van der Waals surface area contributed by atoms with E-state index in [-0.39, 0.29) is 18.1 Å². The second-order valence-corrected chi connectivity index (χ2v) is 9.27. The molecule has 0 spiro atoms. The predicted octanol–water partition coefficient (Wildman–Crippen LogP) is 2.99. The highest BCUT2D eigenvalue weighted by Crippen LogP contribution is 2.35. The first-order valence-electron chi connectivity index (χ1n) is 12.2. The standard InChI is InChI=1S/C25H28FN7O3/c1-27-22-10-19(30-24-15(11-29-33(22)24)25(34)31-18-6-5-17(18)26)16-12-32(23-14(16)4-3-8-28-23)20-7-9-36-13-21(20)35-2/h3-4,8,10-12,17-18,20-21,27H,5-7,9,13H2,1-2H3,(H,31,34)/t17?,18?,20-,21-/m1/s1. The van der Waals surface area contributed by atoms with Crippen LogP contribution in [0.25, 0.3) is 27.9 Å². The molecule has 1 aliphatic heterocycles. The smallest absolute Gasteiger partial charge is 0.257 e. The summed E-state index contributed by atoms with van der Waals surface area (Å²) in [5.74, 6) is 0.296. The molecule has 4 aromatic heterocycles. The molecule has 1 aliphatic carbocycles. The number of nitrogens with zero attached hydrogens (tertiary/aromatic N) is 5. The molecule has 1 saturated heterocycles. The first kappa shape index (κ1) is 22.9. The van der Waals surface area contributed by atoms with Crippen molar-refractivity contribution in [1.29, 1.82) is 0 Å². The van der Waals surface area contributed by atoms with Gasteiger partial charge in [-0.25, -0.2) is 14.4 Å². The van der Waals surface area contributed by atoms with E-state index in [0.29, 0.717) is 48.8 Å². The van der Waals surface area contributed by atoms with Gasteiger partial charge in [-0.1, -0.05) is 0 Å². The number of rotatable bonds is 6. The lowest BCUT2D eigenvalue weighted by atomic mass is 9.90. The number of methoxy groups -OCH3 is 1. The number of ether oxygens (including phenoxy) is 2. The Hall–Kier alpha value is -3.57. The highest BCUT2D eigenvalue weighted by molar-refractivity contribution is 6.01. The van der Waals surface area contributed by atoms with Gasteiger partial charge < -0.3 is 24.7 Å². The fraction of sp³-hybridized carbons (Fsp3) is 0.440. The minimum Gasteiger partial charge on any atom is -0.379 e. The Labute approximate surface area is 206 Å². The zero-order valence-electron chi connectivity index (χ0n) is 20.1. The van der Waals surface area contributed by atoms with Crippen molar-refractivity contribution in [3.05, 3.63) is 42.4 Å². The van der Waals surface area contributed by atoms with Crippen LogP contribution in [0, 0.1) is 0 Å². The second-order valence-electron chi connectivity index (χ2n) is 9.27. The lowest BCUT2D eigenvalue weighted by molar-refractivity contribution is -0.0592. The summed E-state index contributed by atoms with van der Waals surface area (Å²) >= 11 is 0. The summed E-state index contributed by atoms with van der Waals surface area (Å²) in [6.07, 6.45) is 6.11. The van der Waals surface area contributed by atoms with Crippen LogP contribution in [0.5, 0.6) is 0 Å². The average Bonchev–Trinajstić information content (AvgIpc) is 3.52. The monoisotopic (exact) mass is 493 g/mol. The fourth-order valence-corrected chi connectivity index (χ4v) is 5.09. The van der Waals surface area contributed by atoms with E-state index in [4.69, 9.17) is 14.5 Å². The van der Waals surface area contributed by atoms with Crippen LogP contribution in [0.15, 0.2) is 36.8 Å². The first-order valence-corrected chi connectivity index (χ1v) is 12.2. The van der Waals surface area contributed by atoms with Crippen LogP contribution in [0.2, 0.25) is 0 Å². The molecule has 6 rings (SSSR count). The number of aromatic nitrogens is 5. The molecule has 0 radical (unpaired) electrons. The summed E-state index contributed by atoms with van der Waals surface area (Å²) in [6, 6.07) is 5.42. The number of carbonyl (C=O) groups excluding carboxylic acids is 1. The van der Waals surface area contributed by atoms with Gasteiger partial charge in [0.1, 0.15) is 29.3 Å². The summed E-state index contributed by atoms with van der Waals surface area (Å²) in [6.45, 7) is 1.17. The summed E-state index contributed by atoms with van der Waals surface area (Å²) in [7, 11) is 3.49. The Balaban J connectivity index is 1.47. The van der Waals surface area contributed by atoms with E-state index < -0.39 is 12.2 Å². The lowest BCUT2D eigenvalue weighted by Gasteiger charge is -2.31. The van der Waals surface area contributed by atoms with E-state index in [1.807, 2.05) is 18.2 Å². The summed E-state index contributed by atoms with van der Waals surface area (Å²) < 4.78 is 28.9. The van der Waals surface area contributed by atoms with Crippen LogP contribution in [0.4, 0.5) is 10.2 Å². The Morgan fingerprint density at radius 3 is 2.92 bits per heavy atom. The third-order valence-electron chi connectivity index (χ3n) is 7.27. The third-order valence-corrected chi connectivity index (χ3v) is 7.27. The molecule has 2 N–H and O–H groups in total. The van der Waals surface area contributed by atoms with Gasteiger partial charge in [-0.3, -0.25) is 4.79 Å². The third kappa shape index (κ3) is 3.70. The fourth-order valence-electron chi connectivity index (χ4n) is 5.09. The van der Waals surface area contributed by atoms with Crippen molar-refractivity contribution in [2.24, 2.45) is 0 Å². The van der Waals surface area contributed by atoms with Crippen molar-refractivity contribution in [3.8, 4) is 11.3 Å². The number of pyridine rings is 1. The molecule has 0 aromatic carbocycles. The quantitative estimate of drug-likeness (QED) is 0.425. The maximum Gasteiger partial charge on any atom is 0.257 e. The van der Waals surface area contributed by atoms with Crippen LogP contribution >= 0.6 is 0 Å². The molecule has 1 amide bonds. The number of amides is 1. The van der Waals surface area contributed by atoms with Crippen LogP contribution in [-0.2, 0) is 9.47 Å². The number of alkyl halides is 1. The van der Waals surface area contributed by atoms with Crippen molar-refractivity contribution in [2.45, 2.75) is 43.6 Å². The van der Waals surface area contributed by atoms with Crippen molar-refractivity contribution in [3.63, 3.8) is 0 Å². The molecule has 2 fully saturated rings. The number of carbonyl (C=O) groups is 1. The van der Waals surface area contributed by atoms with Crippen molar-refractivity contribution in [2.75, 3.05) is 32.7 Å². The molecule has 2 aliphatic rings. The van der Waals surface area contributed by atoms with Gasteiger partial charge in [-0.05, 0) is 31.4 Å². The van der Waals surface area contributed by atoms with Gasteiger partial charge in [0, 0.05) is 50.2 Å². The maximum atomic E-state index is 13.8. The van der Waals surface area contributed by atoms with Crippen molar-refractivity contribution in [1.82, 2.24) is 29.5 Å². The maximum absolute atomic E-state index is 13.8. The minimum atomic E-state index is -1.01. The van der Waals surface area contributed by atoms with E-state index >= 15 is 0 Å². The molecule has 2 unspecified atom stereocenters. The minimum absolute atomic E-state index is 0.0647. The predicted molar refractivity (Wildman–Crippen MR) is 132 cm³/mol. The summed E-state index contributed by atoms with van der Waals surface area (Å²) in [5.41, 5.74) is 3.09. The Bertz CT molecular complexity index is 1430. The largest absolute Gasteiger partial charge is 0.379 e. The molecule has 5 heterocycles. The Morgan fingerprint density at radius 2 is 2.17 bits per heavy atom. The van der Waals surface area contributed by atoms with E-state index in [1.165, 1.54) is 6.20 Å². The lowest BCUT2D eigenvalue weighted by Crippen LogP contribution is -2.48. The van der Waals surface area contributed by atoms with Gasteiger partial charge in [0.2, 0.25) is 0 Å². The number of fused-ring (bicyclic) bond motifs is 2. The highest BCUT2D eigenvalue weighted by Gasteiger charge is 2.33.